The number of benzene rings is 1. The van der Waals surface area contributed by atoms with Crippen molar-refractivity contribution >= 4 is 11.6 Å². The zero-order valence-corrected chi connectivity index (χ0v) is 11.2. The van der Waals surface area contributed by atoms with Gasteiger partial charge in [-0.2, -0.15) is 5.26 Å². The fraction of sp³-hybridized carbons (Fsp3) is 0.467. The second-order valence-electron chi connectivity index (χ2n) is 4.94. The van der Waals surface area contributed by atoms with E-state index in [4.69, 9.17) is 5.26 Å². The van der Waals surface area contributed by atoms with E-state index in [9.17, 15) is 4.79 Å². The lowest BCUT2D eigenvalue weighted by Gasteiger charge is -2.29. The maximum Gasteiger partial charge on any atom is 0.244 e. The van der Waals surface area contributed by atoms with Gasteiger partial charge < -0.3 is 10.2 Å². The Labute approximate surface area is 114 Å². The lowest BCUT2D eigenvalue weighted by Crippen LogP contribution is -2.43. The van der Waals surface area contributed by atoms with Crippen LogP contribution in [-0.4, -0.2) is 29.9 Å². The van der Waals surface area contributed by atoms with Crippen LogP contribution in [0.5, 0.6) is 0 Å². The maximum atomic E-state index is 12.2. The molecular formula is C15H19N3O. The number of nitrogens with one attached hydrogen (secondary N) is 1. The minimum Gasteiger partial charge on any atom is -0.374 e. The number of carbonyl (C=O) groups excluding carboxylic acids is 1. The summed E-state index contributed by atoms with van der Waals surface area (Å²) >= 11 is 0. The molecule has 1 unspecified atom stereocenters. The highest BCUT2D eigenvalue weighted by Gasteiger charge is 2.21. The Morgan fingerprint density at radius 2 is 1.89 bits per heavy atom. The smallest absolute Gasteiger partial charge is 0.244 e. The molecule has 4 nitrogen and oxygen atoms in total. The molecule has 4 heteroatoms. The van der Waals surface area contributed by atoms with Gasteiger partial charge in [-0.3, -0.25) is 4.79 Å². The summed E-state index contributed by atoms with van der Waals surface area (Å²) in [6, 6.07) is 9.01. The van der Waals surface area contributed by atoms with Crippen molar-refractivity contribution in [3.05, 3.63) is 29.8 Å². The third-order valence-electron chi connectivity index (χ3n) is 3.44. The molecule has 2 rings (SSSR count). The second-order valence-corrected chi connectivity index (χ2v) is 4.94. The molecule has 1 amide bonds. The van der Waals surface area contributed by atoms with Gasteiger partial charge in [-0.1, -0.05) is 0 Å². The molecule has 1 aliphatic heterocycles. The minimum atomic E-state index is -0.231. The van der Waals surface area contributed by atoms with Crippen molar-refractivity contribution in [1.29, 1.82) is 5.26 Å². The molecule has 1 aromatic carbocycles. The highest BCUT2D eigenvalue weighted by atomic mass is 16.2. The average Bonchev–Trinajstić information content (AvgIpc) is 2.48. The van der Waals surface area contributed by atoms with E-state index in [1.165, 1.54) is 6.42 Å². The molecule has 100 valence electrons. The van der Waals surface area contributed by atoms with Crippen molar-refractivity contribution in [1.82, 2.24) is 4.90 Å². The number of carbonyl (C=O) groups is 1. The number of piperidine rings is 1. The van der Waals surface area contributed by atoms with Crippen LogP contribution in [0.15, 0.2) is 24.3 Å². The number of hydrogen-bond acceptors (Lipinski definition) is 3. The van der Waals surface area contributed by atoms with Gasteiger partial charge in [-0.15, -0.1) is 0 Å². The monoisotopic (exact) mass is 257 g/mol. The first-order valence-corrected chi connectivity index (χ1v) is 6.76. The first-order valence-electron chi connectivity index (χ1n) is 6.76. The summed E-state index contributed by atoms with van der Waals surface area (Å²) < 4.78 is 0. The van der Waals surface area contributed by atoms with Gasteiger partial charge in [0.15, 0.2) is 0 Å². The highest BCUT2D eigenvalue weighted by Crippen LogP contribution is 2.14. The fourth-order valence-corrected chi connectivity index (χ4v) is 2.34. The molecule has 0 spiro atoms. The summed E-state index contributed by atoms with van der Waals surface area (Å²) in [6.07, 6.45) is 3.44. The Kier molecular flexibility index (Phi) is 4.40. The first kappa shape index (κ1) is 13.4. The third-order valence-corrected chi connectivity index (χ3v) is 3.44. The molecule has 0 radical (unpaired) electrons. The van der Waals surface area contributed by atoms with Crippen LogP contribution >= 0.6 is 0 Å². The molecule has 1 N–H and O–H groups in total. The topological polar surface area (TPSA) is 56.1 Å². The summed E-state index contributed by atoms with van der Waals surface area (Å²) in [6.45, 7) is 3.63. The van der Waals surface area contributed by atoms with Crippen molar-refractivity contribution in [2.75, 3.05) is 18.4 Å². The van der Waals surface area contributed by atoms with Gasteiger partial charge in [0.2, 0.25) is 5.91 Å². The SMILES string of the molecule is CC(Nc1ccc(C#N)cc1)C(=O)N1CCCCC1. The molecule has 1 aliphatic rings. The van der Waals surface area contributed by atoms with Gasteiger partial charge in [0, 0.05) is 18.8 Å². The number of rotatable bonds is 3. The second kappa shape index (κ2) is 6.24. The van der Waals surface area contributed by atoms with Crippen molar-refractivity contribution in [3.63, 3.8) is 0 Å². The van der Waals surface area contributed by atoms with Gasteiger partial charge in [0.25, 0.3) is 0 Å². The predicted molar refractivity (Wildman–Crippen MR) is 74.7 cm³/mol. The zero-order chi connectivity index (χ0) is 13.7. The molecule has 1 heterocycles. The number of nitriles is 1. The molecule has 1 saturated heterocycles. The van der Waals surface area contributed by atoms with Crippen molar-refractivity contribution < 1.29 is 4.79 Å². The van der Waals surface area contributed by atoms with E-state index < -0.39 is 0 Å². The molecule has 1 atom stereocenters. The first-order chi connectivity index (χ1) is 9.20. The third kappa shape index (κ3) is 3.47. The number of hydrogen-bond donors (Lipinski definition) is 1. The average molecular weight is 257 g/mol. The van der Waals surface area contributed by atoms with Crippen LogP contribution in [0, 0.1) is 11.3 Å². The quantitative estimate of drug-likeness (QED) is 0.904. The van der Waals surface area contributed by atoms with Gasteiger partial charge in [0.1, 0.15) is 6.04 Å². The number of anilines is 1. The summed E-state index contributed by atoms with van der Waals surface area (Å²) in [5.41, 5.74) is 1.50. The Bertz CT molecular complexity index is 469. The van der Waals surface area contributed by atoms with Crippen LogP contribution < -0.4 is 5.32 Å². The van der Waals surface area contributed by atoms with E-state index in [0.29, 0.717) is 5.56 Å². The van der Waals surface area contributed by atoms with Crippen molar-refractivity contribution in [2.24, 2.45) is 0 Å². The lowest BCUT2D eigenvalue weighted by molar-refractivity contribution is -0.132. The van der Waals surface area contributed by atoms with Crippen LogP contribution in [0.4, 0.5) is 5.69 Å². The predicted octanol–water partition coefficient (Wildman–Crippen LogP) is 2.37. The van der Waals surface area contributed by atoms with E-state index in [1.54, 1.807) is 12.1 Å². The van der Waals surface area contributed by atoms with Gasteiger partial charge in [-0.25, -0.2) is 0 Å². The van der Waals surface area contributed by atoms with Crippen LogP contribution in [0.1, 0.15) is 31.7 Å². The maximum absolute atomic E-state index is 12.2. The van der Waals surface area contributed by atoms with E-state index in [2.05, 4.69) is 11.4 Å². The van der Waals surface area contributed by atoms with Crippen LogP contribution in [0.25, 0.3) is 0 Å². The Balaban J connectivity index is 1.93. The summed E-state index contributed by atoms with van der Waals surface area (Å²) in [5.74, 6) is 0.157. The number of nitrogens with zero attached hydrogens (tertiary/aromatic N) is 2. The van der Waals surface area contributed by atoms with E-state index in [0.717, 1.165) is 31.6 Å². The van der Waals surface area contributed by atoms with Gasteiger partial charge >= 0.3 is 0 Å². The van der Waals surface area contributed by atoms with Gasteiger partial charge in [-0.05, 0) is 50.5 Å². The Morgan fingerprint density at radius 3 is 2.47 bits per heavy atom. The summed E-state index contributed by atoms with van der Waals surface area (Å²) in [4.78, 5) is 14.2. The Morgan fingerprint density at radius 1 is 1.26 bits per heavy atom. The normalized spacial score (nSPS) is 16.5. The fourth-order valence-electron chi connectivity index (χ4n) is 2.34. The standard InChI is InChI=1S/C15H19N3O/c1-12(15(19)18-9-3-2-4-10-18)17-14-7-5-13(11-16)6-8-14/h5-8,12,17H,2-4,9-10H2,1H3. The molecule has 0 bridgehead atoms. The molecule has 0 aromatic heterocycles. The summed E-state index contributed by atoms with van der Waals surface area (Å²) in [7, 11) is 0. The molecule has 1 fully saturated rings. The minimum absolute atomic E-state index is 0.157. The van der Waals surface area contributed by atoms with Crippen LogP contribution in [-0.2, 0) is 4.79 Å². The van der Waals surface area contributed by atoms with Crippen LogP contribution in [0.3, 0.4) is 0 Å². The molecular weight excluding hydrogens is 238 g/mol. The van der Waals surface area contributed by atoms with Gasteiger partial charge in [0.05, 0.1) is 11.6 Å². The molecule has 0 aliphatic carbocycles. The summed E-state index contributed by atoms with van der Waals surface area (Å²) in [5, 5.41) is 11.9. The van der Waals surface area contributed by atoms with E-state index >= 15 is 0 Å². The highest BCUT2D eigenvalue weighted by molar-refractivity contribution is 5.84. The lowest BCUT2D eigenvalue weighted by atomic mass is 10.1. The van der Waals surface area contributed by atoms with Crippen molar-refractivity contribution in [2.45, 2.75) is 32.2 Å². The van der Waals surface area contributed by atoms with Crippen LogP contribution in [0.2, 0.25) is 0 Å². The Hall–Kier alpha value is -2.02. The van der Waals surface area contributed by atoms with E-state index in [-0.39, 0.29) is 11.9 Å². The van der Waals surface area contributed by atoms with E-state index in [1.807, 2.05) is 24.0 Å². The zero-order valence-electron chi connectivity index (χ0n) is 11.2. The molecule has 19 heavy (non-hydrogen) atoms. The number of amides is 1. The molecule has 1 aromatic rings. The molecule has 0 saturated carbocycles. The number of likely N-dealkylation sites (tertiary alicyclic amines) is 1. The van der Waals surface area contributed by atoms with Crippen molar-refractivity contribution in [3.8, 4) is 6.07 Å². The largest absolute Gasteiger partial charge is 0.374 e.